The molecule has 7 heteroatoms. The number of hydrogen-bond donors (Lipinski definition) is 1. The quantitative estimate of drug-likeness (QED) is 0.609. The van der Waals surface area contributed by atoms with Crippen LogP contribution in [-0.2, 0) is 9.84 Å². The Hall–Kier alpha value is -0.150. The molecular weight excluding hydrogens is 395 g/mol. The van der Waals surface area contributed by atoms with E-state index in [4.69, 9.17) is 5.73 Å². The molecule has 1 atom stereocenters. The Bertz CT molecular complexity index is 563. The van der Waals surface area contributed by atoms with Crippen molar-refractivity contribution < 1.29 is 8.42 Å². The van der Waals surface area contributed by atoms with Crippen LogP contribution >= 0.6 is 34.4 Å². The summed E-state index contributed by atoms with van der Waals surface area (Å²) in [6.07, 6.45) is 0. The van der Waals surface area contributed by atoms with Crippen LogP contribution in [0.4, 0.5) is 11.4 Å². The highest BCUT2D eigenvalue weighted by Gasteiger charge is 2.33. The van der Waals surface area contributed by atoms with E-state index in [0.717, 1.165) is 21.6 Å². The Kier molecular flexibility index (Phi) is 4.88. The van der Waals surface area contributed by atoms with Crippen LogP contribution in [-0.4, -0.2) is 37.6 Å². The lowest BCUT2D eigenvalue weighted by Gasteiger charge is -2.37. The second kappa shape index (κ2) is 6.09. The number of nitrogens with zero attached hydrogens (tertiary/aromatic N) is 1. The Morgan fingerprint density at radius 1 is 1.53 bits per heavy atom. The van der Waals surface area contributed by atoms with E-state index in [1.54, 1.807) is 18.7 Å². The summed E-state index contributed by atoms with van der Waals surface area (Å²) in [7, 11) is -3.07. The lowest BCUT2D eigenvalue weighted by atomic mass is 10.2. The van der Waals surface area contributed by atoms with Crippen LogP contribution in [0.1, 0.15) is 6.92 Å². The minimum Gasteiger partial charge on any atom is -0.399 e. The van der Waals surface area contributed by atoms with Gasteiger partial charge in [-0.15, -0.1) is 0 Å². The molecule has 1 aromatic carbocycles. The molecule has 0 spiro atoms. The molecule has 0 aromatic heterocycles. The summed E-state index contributed by atoms with van der Waals surface area (Å²) in [6, 6.07) is 5.63. The number of thioether (sulfide) groups is 1. The van der Waals surface area contributed by atoms with Gasteiger partial charge in [-0.25, -0.2) is 8.42 Å². The van der Waals surface area contributed by atoms with Gasteiger partial charge in [-0.05, 0) is 40.8 Å². The van der Waals surface area contributed by atoms with Crippen LogP contribution in [0.25, 0.3) is 0 Å². The van der Waals surface area contributed by atoms with Crippen LogP contribution in [0.5, 0.6) is 0 Å². The van der Waals surface area contributed by atoms with Crippen molar-refractivity contribution in [2.75, 3.05) is 34.4 Å². The maximum atomic E-state index is 12.2. The molecule has 1 unspecified atom stereocenters. The molecule has 1 aromatic rings. The fourth-order valence-corrected chi connectivity index (χ4v) is 5.94. The maximum Gasteiger partial charge on any atom is 0.171 e. The molecular formula is C12H17IN2O2S2. The van der Waals surface area contributed by atoms with E-state index in [9.17, 15) is 8.42 Å². The molecule has 0 aliphatic carbocycles. The molecule has 1 heterocycles. The third-order valence-corrected chi connectivity index (χ3v) is 7.34. The summed E-state index contributed by atoms with van der Waals surface area (Å²) < 4.78 is 25.5. The average Bonchev–Trinajstić information content (AvgIpc) is 2.39. The number of rotatable bonds is 3. The van der Waals surface area contributed by atoms with E-state index in [0.29, 0.717) is 11.4 Å². The molecule has 2 rings (SSSR count). The van der Waals surface area contributed by atoms with Crippen molar-refractivity contribution in [3.05, 3.63) is 21.8 Å². The van der Waals surface area contributed by atoms with E-state index in [-0.39, 0.29) is 5.75 Å². The van der Waals surface area contributed by atoms with Crippen molar-refractivity contribution in [2.24, 2.45) is 0 Å². The first-order valence-corrected chi connectivity index (χ1v) is 10.0. The highest BCUT2D eigenvalue weighted by molar-refractivity contribution is 14.1. The molecule has 1 saturated heterocycles. The van der Waals surface area contributed by atoms with Gasteiger partial charge in [0.1, 0.15) is 5.37 Å². The van der Waals surface area contributed by atoms with Gasteiger partial charge in [0.05, 0.1) is 5.69 Å². The standard InChI is InChI=1S/C12H17IN2O2S2/c1-2-19(16,17)12-8-18-6-5-15(12)11-4-3-9(14)7-10(11)13/h3-4,7,12H,2,5-6,8,14H2,1H3. The van der Waals surface area contributed by atoms with Gasteiger partial charge in [0.25, 0.3) is 0 Å². The highest BCUT2D eigenvalue weighted by atomic mass is 127. The SMILES string of the molecule is CCS(=O)(=O)C1CSCCN1c1ccc(N)cc1I. The average molecular weight is 412 g/mol. The van der Waals surface area contributed by atoms with E-state index in [2.05, 4.69) is 22.6 Å². The van der Waals surface area contributed by atoms with Crippen molar-refractivity contribution >= 4 is 55.6 Å². The highest BCUT2D eigenvalue weighted by Crippen LogP contribution is 2.31. The van der Waals surface area contributed by atoms with Crippen molar-refractivity contribution in [1.29, 1.82) is 0 Å². The normalized spacial score (nSPS) is 20.5. The van der Waals surface area contributed by atoms with Crippen molar-refractivity contribution in [3.8, 4) is 0 Å². The van der Waals surface area contributed by atoms with Crippen molar-refractivity contribution in [2.45, 2.75) is 12.3 Å². The lowest BCUT2D eigenvalue weighted by Crippen LogP contribution is -2.48. The second-order valence-corrected chi connectivity index (χ2v) is 9.14. The van der Waals surface area contributed by atoms with Gasteiger partial charge in [0, 0.05) is 33.1 Å². The smallest absolute Gasteiger partial charge is 0.171 e. The van der Waals surface area contributed by atoms with Gasteiger partial charge in [0.2, 0.25) is 0 Å². The largest absolute Gasteiger partial charge is 0.399 e. The zero-order chi connectivity index (χ0) is 14.0. The summed E-state index contributed by atoms with van der Waals surface area (Å²) in [5, 5.41) is -0.423. The third-order valence-electron chi connectivity index (χ3n) is 3.18. The second-order valence-electron chi connectivity index (χ2n) is 4.39. The van der Waals surface area contributed by atoms with E-state index >= 15 is 0 Å². The molecule has 106 valence electrons. The Balaban J connectivity index is 2.40. The van der Waals surface area contributed by atoms with Crippen molar-refractivity contribution in [3.63, 3.8) is 0 Å². The fraction of sp³-hybridized carbons (Fsp3) is 0.500. The van der Waals surface area contributed by atoms with Crippen molar-refractivity contribution in [1.82, 2.24) is 0 Å². The minimum atomic E-state index is -3.07. The maximum absolute atomic E-state index is 12.2. The molecule has 1 fully saturated rings. The van der Waals surface area contributed by atoms with Crippen LogP contribution in [0.15, 0.2) is 18.2 Å². The van der Waals surface area contributed by atoms with Crippen LogP contribution in [0.2, 0.25) is 0 Å². The van der Waals surface area contributed by atoms with Gasteiger partial charge >= 0.3 is 0 Å². The third kappa shape index (κ3) is 3.30. The number of hydrogen-bond acceptors (Lipinski definition) is 5. The summed E-state index contributed by atoms with van der Waals surface area (Å²) in [5.74, 6) is 1.77. The van der Waals surface area contributed by atoms with Gasteiger partial charge in [0.15, 0.2) is 9.84 Å². The summed E-state index contributed by atoms with van der Waals surface area (Å²) >= 11 is 3.92. The van der Waals surface area contributed by atoms with E-state index in [1.807, 2.05) is 23.1 Å². The Morgan fingerprint density at radius 2 is 2.26 bits per heavy atom. The molecule has 4 nitrogen and oxygen atoms in total. The number of halogens is 1. The number of nitrogen functional groups attached to an aromatic ring is 1. The fourth-order valence-electron chi connectivity index (χ4n) is 2.10. The number of benzene rings is 1. The summed E-state index contributed by atoms with van der Waals surface area (Å²) in [5.41, 5.74) is 7.43. The first kappa shape index (κ1) is 15.2. The summed E-state index contributed by atoms with van der Waals surface area (Å²) in [4.78, 5) is 2.01. The summed E-state index contributed by atoms with van der Waals surface area (Å²) in [6.45, 7) is 2.47. The predicted molar refractivity (Wildman–Crippen MR) is 91.5 cm³/mol. The molecule has 1 aliphatic heterocycles. The number of anilines is 2. The van der Waals surface area contributed by atoms with E-state index in [1.165, 1.54) is 0 Å². The minimum absolute atomic E-state index is 0.181. The molecule has 0 saturated carbocycles. The Labute approximate surface area is 132 Å². The number of sulfone groups is 1. The molecule has 1 aliphatic rings. The van der Waals surface area contributed by atoms with Gasteiger partial charge < -0.3 is 10.6 Å². The molecule has 2 N–H and O–H groups in total. The first-order chi connectivity index (χ1) is 8.95. The van der Waals surface area contributed by atoms with Gasteiger partial charge in [-0.2, -0.15) is 11.8 Å². The van der Waals surface area contributed by atoms with E-state index < -0.39 is 15.2 Å². The van der Waals surface area contributed by atoms with Crippen LogP contribution in [0.3, 0.4) is 0 Å². The lowest BCUT2D eigenvalue weighted by molar-refractivity contribution is 0.579. The monoisotopic (exact) mass is 412 g/mol. The number of nitrogens with two attached hydrogens (primary N) is 1. The first-order valence-electron chi connectivity index (χ1n) is 6.06. The zero-order valence-corrected chi connectivity index (χ0v) is 14.5. The Morgan fingerprint density at radius 3 is 2.89 bits per heavy atom. The molecule has 19 heavy (non-hydrogen) atoms. The van der Waals surface area contributed by atoms with Gasteiger partial charge in [-0.1, -0.05) is 6.92 Å². The zero-order valence-electron chi connectivity index (χ0n) is 10.7. The van der Waals surface area contributed by atoms with Crippen LogP contribution in [0, 0.1) is 3.57 Å². The molecule has 0 radical (unpaired) electrons. The van der Waals surface area contributed by atoms with Gasteiger partial charge in [-0.3, -0.25) is 0 Å². The molecule has 0 amide bonds. The predicted octanol–water partition coefficient (Wildman–Crippen LogP) is 2.19. The van der Waals surface area contributed by atoms with Crippen LogP contribution < -0.4 is 10.6 Å². The molecule has 0 bridgehead atoms. The topological polar surface area (TPSA) is 63.4 Å².